The monoisotopic (exact) mass is 271 g/mol. The van der Waals surface area contributed by atoms with Crippen molar-refractivity contribution in [3.63, 3.8) is 0 Å². The SMILES string of the molecule is Cn1ncnc1CC(NN)c1cc(F)c(F)c(F)c1. The van der Waals surface area contributed by atoms with Crippen LogP contribution in [-0.4, -0.2) is 14.8 Å². The summed E-state index contributed by atoms with van der Waals surface area (Å²) >= 11 is 0. The van der Waals surface area contributed by atoms with Crippen LogP contribution in [0.15, 0.2) is 18.5 Å². The third-order valence-electron chi connectivity index (χ3n) is 2.80. The van der Waals surface area contributed by atoms with Crippen LogP contribution in [0.2, 0.25) is 0 Å². The van der Waals surface area contributed by atoms with E-state index in [0.29, 0.717) is 5.82 Å². The van der Waals surface area contributed by atoms with Gasteiger partial charge in [-0.3, -0.25) is 16.0 Å². The van der Waals surface area contributed by atoms with Crippen molar-refractivity contribution in [2.45, 2.75) is 12.5 Å². The number of nitrogens with two attached hydrogens (primary N) is 1. The second-order valence-corrected chi connectivity index (χ2v) is 4.02. The molecule has 0 saturated carbocycles. The molecule has 0 radical (unpaired) electrons. The highest BCUT2D eigenvalue weighted by atomic mass is 19.2. The van der Waals surface area contributed by atoms with Gasteiger partial charge in [0.2, 0.25) is 0 Å². The molecule has 0 fully saturated rings. The van der Waals surface area contributed by atoms with Crippen molar-refractivity contribution in [2.24, 2.45) is 12.9 Å². The normalized spacial score (nSPS) is 12.7. The zero-order valence-corrected chi connectivity index (χ0v) is 10.1. The van der Waals surface area contributed by atoms with Crippen LogP contribution >= 0.6 is 0 Å². The lowest BCUT2D eigenvalue weighted by Gasteiger charge is -2.16. The van der Waals surface area contributed by atoms with Crippen LogP contribution in [0.1, 0.15) is 17.4 Å². The van der Waals surface area contributed by atoms with Crippen LogP contribution in [0.3, 0.4) is 0 Å². The molecule has 1 aromatic carbocycles. The van der Waals surface area contributed by atoms with E-state index in [1.54, 1.807) is 7.05 Å². The standard InChI is InChI=1S/C11H12F3N5/c1-19-10(16-5-17-19)4-9(18-15)6-2-7(12)11(14)8(13)3-6/h2-3,5,9,18H,4,15H2,1H3. The van der Waals surface area contributed by atoms with Crippen molar-refractivity contribution in [1.29, 1.82) is 0 Å². The molecule has 0 amide bonds. The van der Waals surface area contributed by atoms with E-state index in [9.17, 15) is 13.2 Å². The number of benzene rings is 1. The van der Waals surface area contributed by atoms with E-state index < -0.39 is 23.5 Å². The lowest BCUT2D eigenvalue weighted by Crippen LogP contribution is -2.30. The minimum absolute atomic E-state index is 0.196. The van der Waals surface area contributed by atoms with Gasteiger partial charge in [0.15, 0.2) is 17.5 Å². The van der Waals surface area contributed by atoms with Crippen LogP contribution in [-0.2, 0) is 13.5 Å². The number of nitrogens with one attached hydrogen (secondary N) is 1. The van der Waals surface area contributed by atoms with Gasteiger partial charge in [-0.2, -0.15) is 5.10 Å². The highest BCUT2D eigenvalue weighted by Crippen LogP contribution is 2.21. The van der Waals surface area contributed by atoms with Crippen LogP contribution in [0.25, 0.3) is 0 Å². The van der Waals surface area contributed by atoms with Gasteiger partial charge in [-0.1, -0.05) is 0 Å². The summed E-state index contributed by atoms with van der Waals surface area (Å²) in [5.74, 6) is 1.93. The van der Waals surface area contributed by atoms with Gasteiger partial charge in [-0.05, 0) is 17.7 Å². The third kappa shape index (κ3) is 2.74. The number of aromatic nitrogens is 3. The van der Waals surface area contributed by atoms with Crippen molar-refractivity contribution >= 4 is 0 Å². The van der Waals surface area contributed by atoms with Gasteiger partial charge in [0, 0.05) is 13.5 Å². The number of rotatable bonds is 4. The number of hydrazine groups is 1. The molecule has 1 atom stereocenters. The maximum atomic E-state index is 13.2. The fourth-order valence-electron chi connectivity index (χ4n) is 1.74. The lowest BCUT2D eigenvalue weighted by atomic mass is 10.0. The predicted octanol–water partition coefficient (Wildman–Crippen LogP) is 0.980. The number of hydrogen-bond acceptors (Lipinski definition) is 4. The number of halogens is 3. The highest BCUT2D eigenvalue weighted by Gasteiger charge is 2.18. The largest absolute Gasteiger partial charge is 0.271 e. The summed E-state index contributed by atoms with van der Waals surface area (Å²) in [5, 5.41) is 3.88. The van der Waals surface area contributed by atoms with E-state index in [-0.39, 0.29) is 12.0 Å². The van der Waals surface area contributed by atoms with E-state index in [1.807, 2.05) is 0 Å². The highest BCUT2D eigenvalue weighted by molar-refractivity contribution is 5.23. The summed E-state index contributed by atoms with van der Waals surface area (Å²) in [6, 6.07) is 1.20. The van der Waals surface area contributed by atoms with E-state index in [0.717, 1.165) is 12.1 Å². The minimum Gasteiger partial charge on any atom is -0.271 e. The molecule has 0 spiro atoms. The number of nitrogens with zero attached hydrogens (tertiary/aromatic N) is 3. The van der Waals surface area contributed by atoms with Gasteiger partial charge < -0.3 is 0 Å². The van der Waals surface area contributed by atoms with Gasteiger partial charge >= 0.3 is 0 Å². The van der Waals surface area contributed by atoms with Crippen molar-refractivity contribution in [3.8, 4) is 0 Å². The fraction of sp³-hybridized carbons (Fsp3) is 0.273. The summed E-state index contributed by atoms with van der Waals surface area (Å²) in [6.45, 7) is 0. The molecule has 102 valence electrons. The summed E-state index contributed by atoms with van der Waals surface area (Å²) in [4.78, 5) is 3.99. The quantitative estimate of drug-likeness (QED) is 0.494. The molecule has 5 nitrogen and oxygen atoms in total. The van der Waals surface area contributed by atoms with Gasteiger partial charge in [-0.15, -0.1) is 0 Å². The molecule has 1 heterocycles. The molecular formula is C11H12F3N5. The van der Waals surface area contributed by atoms with Crippen molar-refractivity contribution in [2.75, 3.05) is 0 Å². The first-order valence-electron chi connectivity index (χ1n) is 5.46. The summed E-state index contributed by atoms with van der Waals surface area (Å²) in [7, 11) is 1.68. The first-order chi connectivity index (χ1) is 9.02. The Labute approximate surface area is 107 Å². The van der Waals surface area contributed by atoms with E-state index in [2.05, 4.69) is 15.5 Å². The average Bonchev–Trinajstić information content (AvgIpc) is 2.78. The van der Waals surface area contributed by atoms with Crippen LogP contribution in [0.5, 0.6) is 0 Å². The van der Waals surface area contributed by atoms with Gasteiger partial charge in [0.05, 0.1) is 6.04 Å². The van der Waals surface area contributed by atoms with Crippen molar-refractivity contribution in [3.05, 3.63) is 47.3 Å². The molecule has 8 heteroatoms. The number of hydrogen-bond donors (Lipinski definition) is 2. The molecule has 2 rings (SSSR count). The maximum absolute atomic E-state index is 13.2. The molecule has 0 saturated heterocycles. The molecule has 3 N–H and O–H groups in total. The van der Waals surface area contributed by atoms with Crippen LogP contribution < -0.4 is 11.3 Å². The zero-order chi connectivity index (χ0) is 14.0. The summed E-state index contributed by atoms with van der Waals surface area (Å²) in [6.07, 6.45) is 1.62. The maximum Gasteiger partial charge on any atom is 0.194 e. The Kier molecular flexibility index (Phi) is 3.82. The first kappa shape index (κ1) is 13.5. The molecule has 0 aliphatic carbocycles. The minimum atomic E-state index is -1.50. The molecule has 2 aromatic rings. The van der Waals surface area contributed by atoms with Gasteiger partial charge in [0.25, 0.3) is 0 Å². The molecule has 1 unspecified atom stereocenters. The van der Waals surface area contributed by atoms with E-state index >= 15 is 0 Å². The zero-order valence-electron chi connectivity index (χ0n) is 10.1. The van der Waals surface area contributed by atoms with Crippen LogP contribution in [0, 0.1) is 17.5 Å². The van der Waals surface area contributed by atoms with Gasteiger partial charge in [0.1, 0.15) is 12.2 Å². The van der Waals surface area contributed by atoms with E-state index in [4.69, 9.17) is 5.84 Å². The third-order valence-corrected chi connectivity index (χ3v) is 2.80. The fourth-order valence-corrected chi connectivity index (χ4v) is 1.74. The molecule has 0 aliphatic rings. The Morgan fingerprint density at radius 3 is 2.42 bits per heavy atom. The Bertz CT molecular complexity index is 560. The average molecular weight is 271 g/mol. The second-order valence-electron chi connectivity index (χ2n) is 4.02. The molecular weight excluding hydrogens is 259 g/mol. The number of aryl methyl sites for hydroxylation is 1. The first-order valence-corrected chi connectivity index (χ1v) is 5.46. The van der Waals surface area contributed by atoms with Gasteiger partial charge in [-0.25, -0.2) is 18.2 Å². The second kappa shape index (κ2) is 5.37. The Morgan fingerprint density at radius 1 is 1.32 bits per heavy atom. The predicted molar refractivity (Wildman–Crippen MR) is 61.1 cm³/mol. The molecule has 1 aromatic heterocycles. The molecule has 0 aliphatic heterocycles. The Hall–Kier alpha value is -1.93. The van der Waals surface area contributed by atoms with Crippen LogP contribution in [0.4, 0.5) is 13.2 Å². The summed E-state index contributed by atoms with van der Waals surface area (Å²) in [5.41, 5.74) is 2.62. The lowest BCUT2D eigenvalue weighted by molar-refractivity contribution is 0.438. The summed E-state index contributed by atoms with van der Waals surface area (Å²) < 4.78 is 40.8. The molecule has 0 bridgehead atoms. The van der Waals surface area contributed by atoms with Crippen molar-refractivity contribution < 1.29 is 13.2 Å². The Balaban J connectivity index is 2.30. The van der Waals surface area contributed by atoms with Crippen molar-refractivity contribution in [1.82, 2.24) is 20.2 Å². The van der Waals surface area contributed by atoms with E-state index in [1.165, 1.54) is 11.0 Å². The topological polar surface area (TPSA) is 68.8 Å². The molecule has 19 heavy (non-hydrogen) atoms. The smallest absolute Gasteiger partial charge is 0.194 e. The Morgan fingerprint density at radius 2 is 1.95 bits per heavy atom.